The number of phenolic OH excluding ortho intramolecular Hbond substituents is 1. The molecular formula is C28H26ClF4N5O2. The van der Waals surface area contributed by atoms with Crippen LogP contribution in [0, 0.1) is 12.7 Å². The van der Waals surface area contributed by atoms with Gasteiger partial charge in [0.25, 0.3) is 0 Å². The second kappa shape index (κ2) is 9.97. The zero-order valence-corrected chi connectivity index (χ0v) is 22.6. The van der Waals surface area contributed by atoms with Gasteiger partial charge in [0.1, 0.15) is 11.6 Å². The summed E-state index contributed by atoms with van der Waals surface area (Å²) >= 11 is 6.48. The number of halogens is 5. The Labute approximate surface area is 232 Å². The maximum absolute atomic E-state index is 14.9. The van der Waals surface area contributed by atoms with Crippen LogP contribution in [0.4, 0.5) is 23.2 Å². The molecule has 2 aromatic carbocycles. The number of alkyl halides is 3. The van der Waals surface area contributed by atoms with Crippen molar-refractivity contribution in [3.8, 4) is 33.7 Å². The molecule has 1 fully saturated rings. The lowest BCUT2D eigenvalue weighted by Crippen LogP contribution is -2.51. The highest BCUT2D eigenvalue weighted by Gasteiger charge is 2.43. The van der Waals surface area contributed by atoms with Gasteiger partial charge in [-0.2, -0.15) is 13.2 Å². The minimum absolute atomic E-state index is 0.0915. The molecule has 1 saturated heterocycles. The first-order valence-electron chi connectivity index (χ1n) is 12.4. The molecule has 1 aliphatic heterocycles. The number of hydrogen-bond acceptors (Lipinski definition) is 5. The van der Waals surface area contributed by atoms with Crippen molar-refractivity contribution in [2.75, 3.05) is 18.0 Å². The van der Waals surface area contributed by atoms with Crippen molar-refractivity contribution in [1.82, 2.24) is 19.4 Å². The number of hydrogen-bond donors (Lipinski definition) is 2. The predicted octanol–water partition coefficient (Wildman–Crippen LogP) is 5.79. The monoisotopic (exact) mass is 575 g/mol. The number of nitrogens with one attached hydrogen (secondary N) is 1. The highest BCUT2D eigenvalue weighted by atomic mass is 35.5. The molecule has 2 aromatic heterocycles. The number of benzene rings is 2. The largest absolute Gasteiger partial charge is 0.507 e. The molecule has 0 saturated carbocycles. The number of aromatic nitrogens is 3. The normalized spacial score (nSPS) is 17.6. The van der Waals surface area contributed by atoms with Gasteiger partial charge in [0.05, 0.1) is 22.1 Å². The summed E-state index contributed by atoms with van der Waals surface area (Å²) in [7, 11) is 1.61. The van der Waals surface area contributed by atoms with Crippen LogP contribution in [-0.2, 0) is 7.05 Å². The average Bonchev–Trinajstić information content (AvgIpc) is 3.41. The number of rotatable bonds is 5. The van der Waals surface area contributed by atoms with E-state index < -0.39 is 17.7 Å². The van der Waals surface area contributed by atoms with Crippen molar-refractivity contribution in [2.24, 2.45) is 7.05 Å². The Bertz CT molecular complexity index is 1670. The van der Waals surface area contributed by atoms with Gasteiger partial charge >= 0.3 is 12.0 Å². The molecule has 0 bridgehead atoms. The van der Waals surface area contributed by atoms with Gasteiger partial charge in [-0.3, -0.25) is 9.55 Å². The first-order valence-corrected chi connectivity index (χ1v) is 12.8. The standard InChI is InChI=1S/C28H26ClF4N5O2/c1-16-24(37-7-6-27(2,15-37)35-28(31,32)33)11-18(14-34-16)21-13-19(30)12-20(25(21)39)17-4-5-23(22(29)10-17)38-9-8-36(3)26(38)40/h4-5,8-14,35,39H,6-7,15H2,1-3H3. The Morgan fingerprint density at radius 1 is 1.07 bits per heavy atom. The number of aryl methyl sites for hydroxylation is 2. The fourth-order valence-electron chi connectivity index (χ4n) is 5.16. The van der Waals surface area contributed by atoms with E-state index in [1.165, 1.54) is 40.5 Å². The van der Waals surface area contributed by atoms with Crippen LogP contribution in [0.1, 0.15) is 19.0 Å². The summed E-state index contributed by atoms with van der Waals surface area (Å²) in [5, 5.41) is 13.2. The number of nitrogens with zero attached hydrogens (tertiary/aromatic N) is 4. The van der Waals surface area contributed by atoms with Gasteiger partial charge in [0.15, 0.2) is 0 Å². The quantitative estimate of drug-likeness (QED) is 0.233. The number of phenols is 1. The maximum Gasteiger partial charge on any atom is 0.457 e. The van der Waals surface area contributed by atoms with E-state index in [0.29, 0.717) is 34.7 Å². The van der Waals surface area contributed by atoms with E-state index in [0.717, 1.165) is 0 Å². The lowest BCUT2D eigenvalue weighted by Gasteiger charge is -2.28. The van der Waals surface area contributed by atoms with Crippen LogP contribution in [0.25, 0.3) is 27.9 Å². The van der Waals surface area contributed by atoms with Crippen LogP contribution in [0.15, 0.2) is 59.8 Å². The summed E-state index contributed by atoms with van der Waals surface area (Å²) in [5.74, 6) is -0.837. The molecule has 12 heteroatoms. The highest BCUT2D eigenvalue weighted by Crippen LogP contribution is 2.42. The second-order valence-electron chi connectivity index (χ2n) is 10.3. The molecule has 0 radical (unpaired) electrons. The lowest BCUT2D eigenvalue weighted by atomic mass is 9.97. The summed E-state index contributed by atoms with van der Waals surface area (Å²) in [4.78, 5) is 18.5. The number of pyridine rings is 1. The molecule has 2 N–H and O–H groups in total. The lowest BCUT2D eigenvalue weighted by molar-refractivity contribution is -0.172. The van der Waals surface area contributed by atoms with Gasteiger partial charge in [-0.1, -0.05) is 17.7 Å². The fourth-order valence-corrected chi connectivity index (χ4v) is 5.43. The van der Waals surface area contributed by atoms with Gasteiger partial charge in [0.2, 0.25) is 0 Å². The Morgan fingerprint density at radius 2 is 1.77 bits per heavy atom. The number of aromatic hydroxyl groups is 1. The van der Waals surface area contributed by atoms with Gasteiger partial charge in [0, 0.05) is 61.0 Å². The Kier molecular flexibility index (Phi) is 6.91. The van der Waals surface area contributed by atoms with Crippen LogP contribution < -0.4 is 15.9 Å². The van der Waals surface area contributed by atoms with Crippen molar-refractivity contribution in [3.05, 3.63) is 82.0 Å². The van der Waals surface area contributed by atoms with Crippen molar-refractivity contribution < 1.29 is 22.7 Å². The average molecular weight is 576 g/mol. The van der Waals surface area contributed by atoms with Crippen LogP contribution in [-0.4, -0.2) is 44.2 Å². The van der Waals surface area contributed by atoms with Gasteiger partial charge < -0.3 is 14.6 Å². The van der Waals surface area contributed by atoms with E-state index in [2.05, 4.69) is 4.98 Å². The molecular weight excluding hydrogens is 550 g/mol. The topological polar surface area (TPSA) is 75.3 Å². The predicted molar refractivity (Wildman–Crippen MR) is 145 cm³/mol. The Balaban J connectivity index is 1.51. The van der Waals surface area contributed by atoms with E-state index >= 15 is 0 Å². The smallest absolute Gasteiger partial charge is 0.457 e. The van der Waals surface area contributed by atoms with E-state index in [1.54, 1.807) is 54.8 Å². The molecule has 0 spiro atoms. The molecule has 1 atom stereocenters. The molecule has 1 unspecified atom stereocenters. The molecule has 1 aliphatic rings. The van der Waals surface area contributed by atoms with Gasteiger partial charge in [-0.05, 0) is 56.2 Å². The third kappa shape index (κ3) is 5.31. The molecule has 0 amide bonds. The zero-order chi connectivity index (χ0) is 29.0. The van der Waals surface area contributed by atoms with Crippen molar-refractivity contribution in [3.63, 3.8) is 0 Å². The molecule has 40 heavy (non-hydrogen) atoms. The molecule has 210 valence electrons. The first kappa shape index (κ1) is 27.7. The summed E-state index contributed by atoms with van der Waals surface area (Å²) in [6.45, 7) is 3.71. The highest BCUT2D eigenvalue weighted by molar-refractivity contribution is 6.32. The van der Waals surface area contributed by atoms with E-state index in [9.17, 15) is 27.5 Å². The molecule has 0 aliphatic carbocycles. The summed E-state index contributed by atoms with van der Waals surface area (Å²) in [5.41, 5.74) is 1.31. The van der Waals surface area contributed by atoms with Gasteiger partial charge in [-0.25, -0.2) is 14.5 Å². The van der Waals surface area contributed by atoms with E-state index in [-0.39, 0.29) is 40.6 Å². The summed E-state index contributed by atoms with van der Waals surface area (Å²) < 4.78 is 56.7. The molecule has 5 rings (SSSR count). The van der Waals surface area contributed by atoms with E-state index in [1.807, 2.05) is 0 Å². The van der Waals surface area contributed by atoms with Crippen LogP contribution in [0.3, 0.4) is 0 Å². The SMILES string of the molecule is Cc1ncc(-c2cc(F)cc(-c3ccc(-n4ccn(C)c4=O)c(Cl)c3)c2O)cc1N1CCC(C)(NC(F)(F)F)C1. The molecule has 4 aromatic rings. The van der Waals surface area contributed by atoms with Crippen molar-refractivity contribution >= 4 is 17.3 Å². The number of imidazole rings is 1. The van der Waals surface area contributed by atoms with Crippen molar-refractivity contribution in [1.29, 1.82) is 0 Å². The minimum Gasteiger partial charge on any atom is -0.507 e. The van der Waals surface area contributed by atoms with Crippen LogP contribution >= 0.6 is 11.6 Å². The minimum atomic E-state index is -4.51. The van der Waals surface area contributed by atoms with Crippen LogP contribution in [0.2, 0.25) is 5.02 Å². The maximum atomic E-state index is 14.9. The number of anilines is 1. The van der Waals surface area contributed by atoms with E-state index in [4.69, 9.17) is 11.6 Å². The first-order chi connectivity index (χ1) is 18.7. The third-order valence-electron chi connectivity index (χ3n) is 7.17. The third-order valence-corrected chi connectivity index (χ3v) is 7.47. The Morgan fingerprint density at radius 3 is 2.40 bits per heavy atom. The molecule has 7 nitrogen and oxygen atoms in total. The fraction of sp³-hybridized carbons (Fsp3) is 0.286. The van der Waals surface area contributed by atoms with Crippen molar-refractivity contribution in [2.45, 2.75) is 32.1 Å². The summed E-state index contributed by atoms with van der Waals surface area (Å²) in [6.07, 6.45) is 0.402. The Hall–Kier alpha value is -3.83. The summed E-state index contributed by atoms with van der Waals surface area (Å²) in [6, 6.07) is 8.80. The second-order valence-corrected chi connectivity index (χ2v) is 10.7. The molecule has 3 heterocycles. The zero-order valence-electron chi connectivity index (χ0n) is 21.9. The van der Waals surface area contributed by atoms with Gasteiger partial charge in [-0.15, -0.1) is 0 Å². The van der Waals surface area contributed by atoms with Crippen LogP contribution in [0.5, 0.6) is 5.75 Å².